The zero-order chi connectivity index (χ0) is 30.0. The summed E-state index contributed by atoms with van der Waals surface area (Å²) in [4.78, 5) is 29.4. The first-order valence-electron chi connectivity index (χ1n) is 14.8. The maximum atomic E-state index is 13.6. The van der Waals surface area contributed by atoms with Crippen molar-refractivity contribution < 1.29 is 33.6 Å². The lowest BCUT2D eigenvalue weighted by atomic mass is 9.71. The van der Waals surface area contributed by atoms with Gasteiger partial charge in [0.05, 0.1) is 28.4 Å². The van der Waals surface area contributed by atoms with Crippen molar-refractivity contribution in [3.05, 3.63) is 58.7 Å². The molecule has 2 aromatic rings. The van der Waals surface area contributed by atoms with Crippen LogP contribution in [0.15, 0.2) is 36.4 Å². The van der Waals surface area contributed by atoms with Gasteiger partial charge in [0, 0.05) is 43.9 Å². The van der Waals surface area contributed by atoms with Crippen LogP contribution in [0, 0.1) is 11.8 Å². The summed E-state index contributed by atoms with van der Waals surface area (Å²) in [5.74, 6) is 2.01. The third kappa shape index (κ3) is 5.67. The number of fused-ring (bicyclic) bond motifs is 4. The van der Waals surface area contributed by atoms with Gasteiger partial charge in [-0.1, -0.05) is 13.3 Å². The summed E-state index contributed by atoms with van der Waals surface area (Å²) >= 11 is 0. The molecule has 0 saturated carbocycles. The molecule has 1 fully saturated rings. The van der Waals surface area contributed by atoms with E-state index in [1.54, 1.807) is 28.4 Å². The Hall–Kier alpha value is -3.72. The Labute approximate surface area is 248 Å². The first-order valence-corrected chi connectivity index (χ1v) is 14.8. The Morgan fingerprint density at radius 2 is 1.45 bits per heavy atom. The summed E-state index contributed by atoms with van der Waals surface area (Å²) in [5.41, 5.74) is 4.81. The van der Waals surface area contributed by atoms with E-state index >= 15 is 0 Å². The Balaban J connectivity index is 1.56. The lowest BCUT2D eigenvalue weighted by Crippen LogP contribution is -2.54. The second kappa shape index (κ2) is 12.7. The van der Waals surface area contributed by atoms with Gasteiger partial charge in [-0.15, -0.1) is 0 Å². The van der Waals surface area contributed by atoms with Crippen molar-refractivity contribution in [3.8, 4) is 23.0 Å². The number of aliphatic carboxylic acids is 1. The molecule has 1 N–H and O–H groups in total. The molecule has 0 aliphatic carbocycles. The van der Waals surface area contributed by atoms with Crippen molar-refractivity contribution in [3.63, 3.8) is 0 Å². The molecule has 2 aromatic carbocycles. The van der Waals surface area contributed by atoms with Crippen molar-refractivity contribution in [1.29, 1.82) is 0 Å². The maximum Gasteiger partial charge on any atom is 0.328 e. The van der Waals surface area contributed by atoms with Crippen LogP contribution < -0.4 is 18.9 Å². The number of ether oxygens (including phenoxy) is 4. The van der Waals surface area contributed by atoms with Crippen molar-refractivity contribution >= 4 is 11.9 Å². The molecule has 226 valence electrons. The molecular formula is C33H42N2O7. The van der Waals surface area contributed by atoms with Gasteiger partial charge >= 0.3 is 5.97 Å². The lowest BCUT2D eigenvalue weighted by molar-refractivity contribution is -0.133. The second-order valence-corrected chi connectivity index (χ2v) is 11.4. The van der Waals surface area contributed by atoms with Gasteiger partial charge in [-0.3, -0.25) is 9.69 Å². The maximum absolute atomic E-state index is 13.6. The fraction of sp³-hybridized carbons (Fsp3) is 0.515. The number of rotatable bonds is 8. The molecule has 9 heteroatoms. The fourth-order valence-electron chi connectivity index (χ4n) is 7.39. The molecule has 42 heavy (non-hydrogen) atoms. The molecule has 5 rings (SSSR count). The van der Waals surface area contributed by atoms with E-state index in [-0.39, 0.29) is 23.9 Å². The highest BCUT2D eigenvalue weighted by atomic mass is 16.5. The molecule has 0 radical (unpaired) electrons. The van der Waals surface area contributed by atoms with Crippen molar-refractivity contribution in [2.75, 3.05) is 48.1 Å². The first-order chi connectivity index (χ1) is 20.3. The third-order valence-corrected chi connectivity index (χ3v) is 9.51. The second-order valence-electron chi connectivity index (χ2n) is 11.4. The Morgan fingerprint density at radius 1 is 0.857 bits per heavy atom. The van der Waals surface area contributed by atoms with Gasteiger partial charge in [0.1, 0.15) is 0 Å². The Kier molecular flexibility index (Phi) is 8.96. The van der Waals surface area contributed by atoms with E-state index in [1.165, 1.54) is 17.2 Å². The van der Waals surface area contributed by atoms with E-state index in [1.807, 2.05) is 17.0 Å². The van der Waals surface area contributed by atoms with Gasteiger partial charge in [-0.05, 0) is 84.0 Å². The summed E-state index contributed by atoms with van der Waals surface area (Å²) in [6.07, 6.45) is 6.30. The number of carbonyl (C=O) groups is 2. The van der Waals surface area contributed by atoms with Crippen LogP contribution >= 0.6 is 0 Å². The van der Waals surface area contributed by atoms with Crippen molar-refractivity contribution in [2.45, 2.75) is 51.1 Å². The van der Waals surface area contributed by atoms with Gasteiger partial charge in [0.15, 0.2) is 23.0 Å². The zero-order valence-electron chi connectivity index (χ0n) is 25.2. The predicted molar refractivity (Wildman–Crippen MR) is 159 cm³/mol. The number of hydrogen-bond acceptors (Lipinski definition) is 7. The topological polar surface area (TPSA) is 97.8 Å². The number of amides is 1. The SMILES string of the molecule is CCC1CN2CCc3cc(OC)c(OC)cc3C2CC1C1Cc2cc(OC)c(OC)cc2CCN1C(=O)/C=C/C(=O)O. The van der Waals surface area contributed by atoms with E-state index in [0.717, 1.165) is 61.1 Å². The number of hydrogen-bond donors (Lipinski definition) is 1. The Morgan fingerprint density at radius 3 is 2.07 bits per heavy atom. The average Bonchev–Trinajstić information content (AvgIpc) is 3.20. The number of carbonyl (C=O) groups excluding carboxylic acids is 1. The van der Waals surface area contributed by atoms with Crippen LogP contribution in [-0.2, 0) is 28.9 Å². The number of piperidine rings is 1. The molecule has 0 bridgehead atoms. The molecule has 0 spiro atoms. The average molecular weight is 579 g/mol. The molecule has 1 saturated heterocycles. The van der Waals surface area contributed by atoms with E-state index in [9.17, 15) is 14.7 Å². The molecule has 4 atom stereocenters. The van der Waals surface area contributed by atoms with Crippen LogP contribution in [0.4, 0.5) is 0 Å². The van der Waals surface area contributed by atoms with E-state index in [2.05, 4.69) is 24.0 Å². The summed E-state index contributed by atoms with van der Waals surface area (Å²) < 4.78 is 22.5. The molecule has 1 amide bonds. The minimum absolute atomic E-state index is 0.104. The highest BCUT2D eigenvalue weighted by Crippen LogP contribution is 2.47. The summed E-state index contributed by atoms with van der Waals surface area (Å²) in [7, 11) is 6.60. The molecular weight excluding hydrogens is 536 g/mol. The third-order valence-electron chi connectivity index (χ3n) is 9.51. The monoisotopic (exact) mass is 578 g/mol. The van der Waals surface area contributed by atoms with Crippen LogP contribution in [0.3, 0.4) is 0 Å². The van der Waals surface area contributed by atoms with Crippen LogP contribution in [0.1, 0.15) is 48.1 Å². The largest absolute Gasteiger partial charge is 0.493 e. The standard InChI is InChI=1S/C33H42N2O7/c1-6-20-19-34-11-9-22-15-29(40-3)31(42-5)18-25(22)26(34)17-24(20)27-13-23-16-30(41-4)28(39-2)14-21(23)10-12-35(27)32(36)7-8-33(37)38/h7-8,14-16,18,20,24,26-27H,6,9-13,17,19H2,1-5H3,(H,37,38)/b8-7+. The molecule has 0 aromatic heterocycles. The zero-order valence-corrected chi connectivity index (χ0v) is 25.2. The molecule has 3 aliphatic heterocycles. The highest BCUT2D eigenvalue weighted by Gasteiger charge is 2.44. The predicted octanol–water partition coefficient (Wildman–Crippen LogP) is 4.30. The van der Waals surface area contributed by atoms with Gasteiger partial charge in [-0.2, -0.15) is 0 Å². The van der Waals surface area contributed by atoms with Gasteiger partial charge in [0.2, 0.25) is 5.91 Å². The molecule has 3 heterocycles. The number of benzene rings is 2. The number of carboxylic acid groups (broad SMARTS) is 1. The van der Waals surface area contributed by atoms with E-state index in [4.69, 9.17) is 18.9 Å². The fourth-order valence-corrected chi connectivity index (χ4v) is 7.39. The van der Waals surface area contributed by atoms with Crippen molar-refractivity contribution in [1.82, 2.24) is 9.80 Å². The smallest absolute Gasteiger partial charge is 0.328 e. The van der Waals surface area contributed by atoms with Crippen LogP contribution in [0.25, 0.3) is 0 Å². The summed E-state index contributed by atoms with van der Waals surface area (Å²) in [6.45, 7) is 4.66. The summed E-state index contributed by atoms with van der Waals surface area (Å²) in [5, 5.41) is 9.26. The normalized spacial score (nSPS) is 23.8. The minimum atomic E-state index is -1.13. The van der Waals surface area contributed by atoms with Crippen LogP contribution in [0.5, 0.6) is 23.0 Å². The van der Waals surface area contributed by atoms with Gasteiger partial charge in [0.25, 0.3) is 0 Å². The number of nitrogens with zero attached hydrogens (tertiary/aromatic N) is 2. The van der Waals surface area contributed by atoms with Crippen molar-refractivity contribution in [2.24, 2.45) is 11.8 Å². The first kappa shape index (κ1) is 29.8. The highest BCUT2D eigenvalue weighted by molar-refractivity contribution is 5.94. The number of methoxy groups -OCH3 is 4. The summed E-state index contributed by atoms with van der Waals surface area (Å²) in [6, 6.07) is 8.40. The molecule has 4 unspecified atom stereocenters. The van der Waals surface area contributed by atoms with Gasteiger partial charge in [-0.25, -0.2) is 4.79 Å². The molecule has 9 nitrogen and oxygen atoms in total. The van der Waals surface area contributed by atoms with Crippen LogP contribution in [-0.4, -0.2) is 80.9 Å². The number of carboxylic acids is 1. The Bertz CT molecular complexity index is 1360. The van der Waals surface area contributed by atoms with E-state index < -0.39 is 5.97 Å². The van der Waals surface area contributed by atoms with Crippen LogP contribution in [0.2, 0.25) is 0 Å². The van der Waals surface area contributed by atoms with E-state index in [0.29, 0.717) is 36.8 Å². The lowest BCUT2D eigenvalue weighted by Gasteiger charge is -2.50. The quantitative estimate of drug-likeness (QED) is 0.463. The molecule has 3 aliphatic rings. The van der Waals surface area contributed by atoms with Gasteiger partial charge < -0.3 is 29.0 Å². The minimum Gasteiger partial charge on any atom is -0.493 e.